The Labute approximate surface area is 113 Å². The molecule has 1 heterocycles. The van der Waals surface area contributed by atoms with Gasteiger partial charge in [0, 0.05) is 0 Å². The fourth-order valence-electron chi connectivity index (χ4n) is 1.81. The Bertz CT molecular complexity index is 640. The number of nitrogens with zero attached hydrogens (tertiary/aromatic N) is 3. The van der Waals surface area contributed by atoms with Gasteiger partial charge < -0.3 is 0 Å². The fourth-order valence-corrected chi connectivity index (χ4v) is 2.09. The molecular formula is C13H11BrFN3. The van der Waals surface area contributed by atoms with E-state index >= 15 is 0 Å². The van der Waals surface area contributed by atoms with Gasteiger partial charge in [-0.15, -0.1) is 0 Å². The van der Waals surface area contributed by atoms with E-state index in [1.807, 2.05) is 19.9 Å². The molecule has 18 heavy (non-hydrogen) atoms. The van der Waals surface area contributed by atoms with E-state index in [0.717, 1.165) is 21.4 Å². The van der Waals surface area contributed by atoms with Crippen molar-refractivity contribution in [2.75, 3.05) is 0 Å². The molecule has 2 rings (SSSR count). The maximum atomic E-state index is 13.3. The van der Waals surface area contributed by atoms with Crippen molar-refractivity contribution in [3.63, 3.8) is 0 Å². The van der Waals surface area contributed by atoms with Crippen molar-refractivity contribution in [1.82, 2.24) is 9.78 Å². The van der Waals surface area contributed by atoms with E-state index in [4.69, 9.17) is 5.26 Å². The van der Waals surface area contributed by atoms with Crippen molar-refractivity contribution in [2.45, 2.75) is 20.4 Å². The van der Waals surface area contributed by atoms with Crippen LogP contribution in [-0.2, 0) is 6.54 Å². The van der Waals surface area contributed by atoms with E-state index < -0.39 is 5.82 Å². The zero-order valence-corrected chi connectivity index (χ0v) is 11.6. The highest BCUT2D eigenvalue weighted by atomic mass is 79.9. The van der Waals surface area contributed by atoms with Crippen LogP contribution < -0.4 is 0 Å². The predicted molar refractivity (Wildman–Crippen MR) is 69.6 cm³/mol. The van der Waals surface area contributed by atoms with Crippen LogP contribution in [0.25, 0.3) is 0 Å². The molecular weight excluding hydrogens is 297 g/mol. The summed E-state index contributed by atoms with van der Waals surface area (Å²) >= 11 is 3.45. The van der Waals surface area contributed by atoms with Crippen LogP contribution in [0.5, 0.6) is 0 Å². The highest BCUT2D eigenvalue weighted by Gasteiger charge is 2.09. The molecule has 0 unspecified atom stereocenters. The summed E-state index contributed by atoms with van der Waals surface area (Å²) in [4.78, 5) is 0. The van der Waals surface area contributed by atoms with E-state index in [1.54, 1.807) is 10.7 Å². The quantitative estimate of drug-likeness (QED) is 0.854. The summed E-state index contributed by atoms with van der Waals surface area (Å²) in [5.41, 5.74) is 2.93. The first kappa shape index (κ1) is 12.8. The van der Waals surface area contributed by atoms with Gasteiger partial charge in [-0.3, -0.25) is 4.68 Å². The lowest BCUT2D eigenvalue weighted by molar-refractivity contribution is 0.615. The number of rotatable bonds is 2. The maximum absolute atomic E-state index is 13.3. The third-order valence-corrected chi connectivity index (χ3v) is 3.86. The number of aromatic nitrogens is 2. The Hall–Kier alpha value is -1.67. The van der Waals surface area contributed by atoms with Crippen LogP contribution in [0.3, 0.4) is 0 Å². The molecule has 2 aromatic rings. The van der Waals surface area contributed by atoms with Crippen molar-refractivity contribution in [3.8, 4) is 6.07 Å². The van der Waals surface area contributed by atoms with Crippen LogP contribution in [0.15, 0.2) is 22.7 Å². The van der Waals surface area contributed by atoms with E-state index in [-0.39, 0.29) is 0 Å². The highest BCUT2D eigenvalue weighted by molar-refractivity contribution is 9.10. The second kappa shape index (κ2) is 4.91. The lowest BCUT2D eigenvalue weighted by atomic mass is 10.1. The molecule has 1 aromatic heterocycles. The lowest BCUT2D eigenvalue weighted by Gasteiger charge is -2.05. The Morgan fingerprint density at radius 2 is 2.11 bits per heavy atom. The van der Waals surface area contributed by atoms with Gasteiger partial charge in [0.15, 0.2) is 0 Å². The molecule has 0 aliphatic rings. The Balaban J connectivity index is 2.37. The van der Waals surface area contributed by atoms with Gasteiger partial charge in [0.2, 0.25) is 0 Å². The Kier molecular flexibility index (Phi) is 3.48. The molecule has 0 radical (unpaired) electrons. The van der Waals surface area contributed by atoms with E-state index in [1.165, 1.54) is 12.1 Å². The Morgan fingerprint density at radius 3 is 2.67 bits per heavy atom. The van der Waals surface area contributed by atoms with Gasteiger partial charge in [-0.05, 0) is 53.5 Å². The SMILES string of the molecule is Cc1nn(Cc2cc(F)cc(C#N)c2)c(C)c1Br. The maximum Gasteiger partial charge on any atom is 0.124 e. The fraction of sp³-hybridized carbons (Fsp3) is 0.231. The summed E-state index contributed by atoms with van der Waals surface area (Å²) in [6.07, 6.45) is 0. The molecule has 0 saturated heterocycles. The molecule has 0 spiro atoms. The first-order valence-electron chi connectivity index (χ1n) is 5.40. The van der Waals surface area contributed by atoms with Gasteiger partial charge in [-0.2, -0.15) is 10.4 Å². The first-order valence-corrected chi connectivity index (χ1v) is 6.19. The molecule has 0 aliphatic heterocycles. The van der Waals surface area contributed by atoms with Gasteiger partial charge in [0.25, 0.3) is 0 Å². The number of hydrogen-bond acceptors (Lipinski definition) is 2. The largest absolute Gasteiger partial charge is 0.264 e. The van der Waals surface area contributed by atoms with Crippen LogP contribution in [-0.4, -0.2) is 9.78 Å². The minimum Gasteiger partial charge on any atom is -0.264 e. The average molecular weight is 308 g/mol. The first-order chi connectivity index (χ1) is 8.51. The van der Waals surface area contributed by atoms with Gasteiger partial charge in [-0.1, -0.05) is 0 Å². The summed E-state index contributed by atoms with van der Waals surface area (Å²) < 4.78 is 16.1. The minimum absolute atomic E-state index is 0.325. The second-order valence-corrected chi connectivity index (χ2v) is 4.90. The molecule has 1 aromatic carbocycles. The second-order valence-electron chi connectivity index (χ2n) is 4.10. The molecule has 92 valence electrons. The van der Waals surface area contributed by atoms with Gasteiger partial charge in [0.1, 0.15) is 5.82 Å². The van der Waals surface area contributed by atoms with Crippen LogP contribution in [0.4, 0.5) is 4.39 Å². The topological polar surface area (TPSA) is 41.6 Å². The zero-order chi connectivity index (χ0) is 13.3. The van der Waals surface area contributed by atoms with Gasteiger partial charge >= 0.3 is 0 Å². The zero-order valence-electron chi connectivity index (χ0n) is 10.0. The number of aryl methyl sites for hydroxylation is 1. The van der Waals surface area contributed by atoms with Crippen LogP contribution in [0, 0.1) is 31.0 Å². The van der Waals surface area contributed by atoms with Gasteiger partial charge in [-0.25, -0.2) is 4.39 Å². The molecule has 0 amide bonds. The van der Waals surface area contributed by atoms with Crippen LogP contribution in [0.2, 0.25) is 0 Å². The number of halogens is 2. The summed E-state index contributed by atoms with van der Waals surface area (Å²) in [6, 6.07) is 6.26. The normalized spacial score (nSPS) is 10.4. The molecule has 0 N–H and O–H groups in total. The smallest absolute Gasteiger partial charge is 0.124 e. The van der Waals surface area contributed by atoms with E-state index in [0.29, 0.717) is 12.1 Å². The summed E-state index contributed by atoms with van der Waals surface area (Å²) in [5.74, 6) is -0.398. The summed E-state index contributed by atoms with van der Waals surface area (Å²) in [5, 5.41) is 13.2. The molecule has 0 fully saturated rings. The average Bonchev–Trinajstić information content (AvgIpc) is 2.56. The predicted octanol–water partition coefficient (Wildman–Crippen LogP) is 3.32. The summed E-state index contributed by atoms with van der Waals surface area (Å²) in [6.45, 7) is 4.29. The highest BCUT2D eigenvalue weighted by Crippen LogP contribution is 2.21. The minimum atomic E-state index is -0.398. The third kappa shape index (κ3) is 2.44. The number of nitriles is 1. The molecule has 3 nitrogen and oxygen atoms in total. The van der Waals surface area contributed by atoms with Crippen molar-refractivity contribution in [3.05, 3.63) is 51.0 Å². The molecule has 0 bridgehead atoms. The molecule has 0 saturated carbocycles. The number of hydrogen-bond donors (Lipinski definition) is 0. The lowest BCUT2D eigenvalue weighted by Crippen LogP contribution is -2.04. The van der Waals surface area contributed by atoms with Crippen LogP contribution in [0.1, 0.15) is 22.5 Å². The Morgan fingerprint density at radius 1 is 1.39 bits per heavy atom. The monoisotopic (exact) mass is 307 g/mol. The van der Waals surface area contributed by atoms with Crippen molar-refractivity contribution in [1.29, 1.82) is 5.26 Å². The van der Waals surface area contributed by atoms with Crippen LogP contribution >= 0.6 is 15.9 Å². The van der Waals surface area contributed by atoms with Gasteiger partial charge in [0.05, 0.1) is 34.0 Å². The number of benzene rings is 1. The standard InChI is InChI=1S/C13H11BrFN3/c1-8-13(14)9(2)18(17-8)7-11-3-10(6-16)4-12(15)5-11/h3-5H,7H2,1-2H3. The van der Waals surface area contributed by atoms with Crippen molar-refractivity contribution in [2.24, 2.45) is 0 Å². The third-order valence-electron chi connectivity index (χ3n) is 2.71. The molecule has 5 heteroatoms. The van der Waals surface area contributed by atoms with E-state index in [2.05, 4.69) is 21.0 Å². The molecule has 0 aliphatic carbocycles. The summed E-state index contributed by atoms with van der Waals surface area (Å²) in [7, 11) is 0. The molecule has 0 atom stereocenters. The van der Waals surface area contributed by atoms with Crippen molar-refractivity contribution >= 4 is 15.9 Å². The van der Waals surface area contributed by atoms with E-state index in [9.17, 15) is 4.39 Å². The van der Waals surface area contributed by atoms with Crippen molar-refractivity contribution < 1.29 is 4.39 Å².